The summed E-state index contributed by atoms with van der Waals surface area (Å²) in [7, 11) is 1.56. The minimum Gasteiger partial charge on any atom is -0.497 e. The van der Waals surface area contributed by atoms with Crippen LogP contribution in [0.5, 0.6) is 11.6 Å². The van der Waals surface area contributed by atoms with Gasteiger partial charge in [-0.15, -0.1) is 0 Å². The van der Waals surface area contributed by atoms with Crippen molar-refractivity contribution in [1.29, 1.82) is 0 Å². The molecule has 2 aromatic rings. The first kappa shape index (κ1) is 20.8. The zero-order chi connectivity index (χ0) is 20.9. The van der Waals surface area contributed by atoms with Crippen molar-refractivity contribution in [3.8, 4) is 11.6 Å². The number of hydrogen-bond acceptors (Lipinski definition) is 4. The lowest BCUT2D eigenvalue weighted by atomic mass is 9.93. The Labute approximate surface area is 166 Å². The Balaban J connectivity index is 1.43. The van der Waals surface area contributed by atoms with E-state index in [1.54, 1.807) is 31.4 Å². The van der Waals surface area contributed by atoms with Crippen molar-refractivity contribution >= 4 is 11.7 Å². The molecule has 6 nitrogen and oxygen atoms in total. The molecule has 0 radical (unpaired) electrons. The summed E-state index contributed by atoms with van der Waals surface area (Å²) in [5.74, 6) is 0.822. The third-order valence-electron chi connectivity index (χ3n) is 4.69. The van der Waals surface area contributed by atoms with Gasteiger partial charge >= 0.3 is 12.2 Å². The second-order valence-corrected chi connectivity index (χ2v) is 6.80. The molecular formula is C20H22F3N3O3. The summed E-state index contributed by atoms with van der Waals surface area (Å²) in [6.45, 7) is 0. The molecule has 3 rings (SSSR count). The summed E-state index contributed by atoms with van der Waals surface area (Å²) >= 11 is 0. The lowest BCUT2D eigenvalue weighted by Crippen LogP contribution is -2.41. The van der Waals surface area contributed by atoms with Crippen LogP contribution in [0.4, 0.5) is 23.7 Å². The van der Waals surface area contributed by atoms with E-state index >= 15 is 0 Å². The quantitative estimate of drug-likeness (QED) is 0.756. The number of alkyl halides is 3. The summed E-state index contributed by atoms with van der Waals surface area (Å²) in [5, 5.41) is 5.70. The molecule has 0 bridgehead atoms. The molecule has 0 unspecified atom stereocenters. The van der Waals surface area contributed by atoms with Gasteiger partial charge in [0.2, 0.25) is 5.88 Å². The van der Waals surface area contributed by atoms with Crippen molar-refractivity contribution in [1.82, 2.24) is 10.3 Å². The number of nitrogens with zero attached hydrogens (tertiary/aromatic N) is 1. The molecule has 1 saturated carbocycles. The third kappa shape index (κ3) is 6.00. The SMILES string of the molecule is COc1cccc(NC(=O)NC2CCC(Oc3ccc(C(F)(F)F)cn3)CC2)c1. The average Bonchev–Trinajstić information content (AvgIpc) is 2.69. The van der Waals surface area contributed by atoms with E-state index in [-0.39, 0.29) is 24.1 Å². The Morgan fingerprint density at radius 2 is 1.90 bits per heavy atom. The van der Waals surface area contributed by atoms with Crippen LogP contribution in [-0.2, 0) is 6.18 Å². The van der Waals surface area contributed by atoms with Crippen molar-refractivity contribution in [3.05, 3.63) is 48.2 Å². The standard InChI is InChI=1S/C20H22F3N3O3/c1-28-17-4-2-3-15(11-17)26-19(27)25-14-6-8-16(9-7-14)29-18-10-5-13(12-24-18)20(21,22)23/h2-5,10-12,14,16H,6-9H2,1H3,(H2,25,26,27). The van der Waals surface area contributed by atoms with Crippen LogP contribution in [0.15, 0.2) is 42.6 Å². The van der Waals surface area contributed by atoms with Crippen LogP contribution in [0.1, 0.15) is 31.2 Å². The fourth-order valence-corrected chi connectivity index (χ4v) is 3.17. The molecule has 0 spiro atoms. The first-order chi connectivity index (χ1) is 13.8. The number of nitrogens with one attached hydrogen (secondary N) is 2. The van der Waals surface area contributed by atoms with Gasteiger partial charge in [-0.25, -0.2) is 9.78 Å². The van der Waals surface area contributed by atoms with Crippen LogP contribution in [0.2, 0.25) is 0 Å². The van der Waals surface area contributed by atoms with Gasteiger partial charge in [-0.05, 0) is 43.9 Å². The molecule has 1 aromatic heterocycles. The van der Waals surface area contributed by atoms with Crippen LogP contribution in [0.3, 0.4) is 0 Å². The van der Waals surface area contributed by atoms with E-state index in [0.717, 1.165) is 12.3 Å². The van der Waals surface area contributed by atoms with E-state index in [1.807, 2.05) is 0 Å². The highest BCUT2D eigenvalue weighted by Crippen LogP contribution is 2.30. The van der Waals surface area contributed by atoms with E-state index in [0.29, 0.717) is 37.1 Å². The summed E-state index contributed by atoms with van der Waals surface area (Å²) in [5.41, 5.74) is -0.174. The molecule has 0 saturated heterocycles. The maximum atomic E-state index is 12.6. The number of anilines is 1. The highest BCUT2D eigenvalue weighted by atomic mass is 19.4. The second kappa shape index (κ2) is 9.02. The summed E-state index contributed by atoms with van der Waals surface area (Å²) in [4.78, 5) is 15.9. The summed E-state index contributed by atoms with van der Waals surface area (Å²) < 4.78 is 48.5. The number of carbonyl (C=O) groups is 1. The van der Waals surface area contributed by atoms with Crippen molar-refractivity contribution < 1.29 is 27.4 Å². The Bertz CT molecular complexity index is 820. The van der Waals surface area contributed by atoms with Gasteiger partial charge in [0.05, 0.1) is 12.7 Å². The lowest BCUT2D eigenvalue weighted by Gasteiger charge is -2.29. The molecule has 1 aliphatic carbocycles. The third-order valence-corrected chi connectivity index (χ3v) is 4.69. The lowest BCUT2D eigenvalue weighted by molar-refractivity contribution is -0.137. The van der Waals surface area contributed by atoms with Crippen molar-refractivity contribution in [2.45, 2.75) is 44.0 Å². The van der Waals surface area contributed by atoms with E-state index in [2.05, 4.69) is 15.6 Å². The molecule has 9 heteroatoms. The maximum Gasteiger partial charge on any atom is 0.417 e. The van der Waals surface area contributed by atoms with Gasteiger partial charge < -0.3 is 20.1 Å². The number of carbonyl (C=O) groups excluding carboxylic acids is 1. The van der Waals surface area contributed by atoms with Crippen LogP contribution in [0, 0.1) is 0 Å². The van der Waals surface area contributed by atoms with Gasteiger partial charge in [-0.2, -0.15) is 13.2 Å². The number of hydrogen-bond donors (Lipinski definition) is 2. The molecular weight excluding hydrogens is 387 g/mol. The monoisotopic (exact) mass is 409 g/mol. The predicted molar refractivity (Wildman–Crippen MR) is 101 cm³/mol. The van der Waals surface area contributed by atoms with Crippen molar-refractivity contribution in [2.75, 3.05) is 12.4 Å². The van der Waals surface area contributed by atoms with Gasteiger partial charge in [0.1, 0.15) is 11.9 Å². The largest absolute Gasteiger partial charge is 0.497 e. The maximum absolute atomic E-state index is 12.6. The fourth-order valence-electron chi connectivity index (χ4n) is 3.17. The minimum absolute atomic E-state index is 0.000947. The van der Waals surface area contributed by atoms with Gasteiger partial charge in [0.25, 0.3) is 0 Å². The normalized spacial score (nSPS) is 19.3. The molecule has 2 N–H and O–H groups in total. The van der Waals surface area contributed by atoms with E-state index in [1.165, 1.54) is 6.07 Å². The Morgan fingerprint density at radius 3 is 2.52 bits per heavy atom. The zero-order valence-corrected chi connectivity index (χ0v) is 15.8. The Morgan fingerprint density at radius 1 is 1.14 bits per heavy atom. The first-order valence-corrected chi connectivity index (χ1v) is 9.25. The molecule has 0 atom stereocenters. The zero-order valence-electron chi connectivity index (χ0n) is 15.8. The molecule has 1 fully saturated rings. The topological polar surface area (TPSA) is 72.5 Å². The van der Waals surface area contributed by atoms with Crippen LogP contribution in [-0.4, -0.2) is 30.3 Å². The number of pyridine rings is 1. The smallest absolute Gasteiger partial charge is 0.417 e. The molecule has 0 aliphatic heterocycles. The molecule has 1 heterocycles. The number of aromatic nitrogens is 1. The first-order valence-electron chi connectivity index (χ1n) is 9.25. The van der Waals surface area contributed by atoms with Gasteiger partial charge in [0, 0.05) is 30.1 Å². The van der Waals surface area contributed by atoms with Crippen LogP contribution in [0.25, 0.3) is 0 Å². The van der Waals surface area contributed by atoms with E-state index in [4.69, 9.17) is 9.47 Å². The number of benzene rings is 1. The van der Waals surface area contributed by atoms with Gasteiger partial charge in [-0.1, -0.05) is 6.07 Å². The summed E-state index contributed by atoms with van der Waals surface area (Å²) in [6.07, 6.45) is -1.03. The molecule has 29 heavy (non-hydrogen) atoms. The number of halogens is 3. The van der Waals surface area contributed by atoms with Gasteiger partial charge in [0.15, 0.2) is 0 Å². The Kier molecular flexibility index (Phi) is 6.46. The van der Waals surface area contributed by atoms with E-state index < -0.39 is 11.7 Å². The Hall–Kier alpha value is -2.97. The average molecular weight is 409 g/mol. The number of rotatable bonds is 5. The second-order valence-electron chi connectivity index (χ2n) is 6.80. The van der Waals surface area contributed by atoms with Crippen LogP contribution < -0.4 is 20.1 Å². The van der Waals surface area contributed by atoms with Gasteiger partial charge in [-0.3, -0.25) is 0 Å². The number of methoxy groups -OCH3 is 1. The molecule has 156 valence electrons. The van der Waals surface area contributed by atoms with Crippen molar-refractivity contribution in [2.24, 2.45) is 0 Å². The number of urea groups is 1. The highest BCUT2D eigenvalue weighted by Gasteiger charge is 2.31. The van der Waals surface area contributed by atoms with Crippen molar-refractivity contribution in [3.63, 3.8) is 0 Å². The molecule has 2 amide bonds. The number of ether oxygens (including phenoxy) is 2. The highest BCUT2D eigenvalue weighted by molar-refractivity contribution is 5.89. The summed E-state index contributed by atoms with van der Waals surface area (Å²) in [6, 6.07) is 8.95. The minimum atomic E-state index is -4.42. The molecule has 1 aromatic carbocycles. The number of amides is 2. The molecule has 1 aliphatic rings. The van der Waals surface area contributed by atoms with E-state index in [9.17, 15) is 18.0 Å². The fraction of sp³-hybridized carbons (Fsp3) is 0.400. The van der Waals surface area contributed by atoms with Crippen LogP contribution >= 0.6 is 0 Å². The predicted octanol–water partition coefficient (Wildman–Crippen LogP) is 4.62.